The molecule has 0 bridgehead atoms. The highest BCUT2D eigenvalue weighted by Crippen LogP contribution is 2.55. The van der Waals surface area contributed by atoms with Crippen molar-refractivity contribution >= 4 is 123 Å². The van der Waals surface area contributed by atoms with Gasteiger partial charge < -0.3 is 23.4 Å². The summed E-state index contributed by atoms with van der Waals surface area (Å²) in [5.74, 6) is 0. The lowest BCUT2D eigenvalue weighted by Gasteiger charge is -2.45. The van der Waals surface area contributed by atoms with Gasteiger partial charge in [-0.25, -0.2) is 0 Å². The topological polar surface area (TPSA) is 29.5 Å². The minimum absolute atomic E-state index is 0.0245. The van der Waals surface area contributed by atoms with Gasteiger partial charge in [-0.3, -0.25) is 0 Å². The number of nitrogens with zero attached hydrogens (tertiary/aromatic N) is 4. The van der Waals surface area contributed by atoms with Crippen molar-refractivity contribution in [2.24, 2.45) is 0 Å². The van der Waals surface area contributed by atoms with E-state index in [2.05, 4.69) is 195 Å². The molecular formula is C92H69BN4O. The normalized spacial score (nSPS) is 14.8. The van der Waals surface area contributed by atoms with Crippen LogP contribution >= 0.6 is 0 Å². The molecule has 14 aromatic carbocycles. The SMILES string of the molecule is [2H]c1c([2H])c([2H])c(-c2ccc3c(c2)N(c2c(-c4ccccc4)ccc4c2c2ccccc2n4-c2cccc(C(C)(C)C)c2)c2cc(-c4cccc(C(C)(C)C)c4)cc4c2B3c2ccc(-n3c5c([2H])c([2H])c([2H])c([2H])c5c5c([2H])c([2H])c([2H])c([2H])c53)cc2N4c2cc(-c3ccccc3)cc3oc4ccccc4c23)c([2H])c1[2H]. The summed E-state index contributed by atoms with van der Waals surface area (Å²) in [7, 11) is 0. The Morgan fingerprint density at radius 2 is 0.878 bits per heavy atom. The Kier molecular flexibility index (Phi) is 10.1. The lowest BCUT2D eigenvalue weighted by Crippen LogP contribution is -2.61. The van der Waals surface area contributed by atoms with Gasteiger partial charge in [0.25, 0.3) is 6.71 Å². The van der Waals surface area contributed by atoms with Gasteiger partial charge in [-0.2, -0.15) is 0 Å². The first kappa shape index (κ1) is 45.5. The van der Waals surface area contributed by atoms with E-state index in [9.17, 15) is 13.7 Å². The number of rotatable bonds is 8. The molecule has 6 heteroatoms. The summed E-state index contributed by atoms with van der Waals surface area (Å²) in [6, 6.07) is 73.2. The van der Waals surface area contributed by atoms with Crippen molar-refractivity contribution < 1.29 is 22.2 Å². The fourth-order valence-electron chi connectivity index (χ4n) is 15.5. The average molecular weight is 1270 g/mol. The van der Waals surface area contributed by atoms with Gasteiger partial charge in [0.05, 0.1) is 56.6 Å². The monoisotopic (exact) mass is 1270 g/mol. The van der Waals surface area contributed by atoms with Crippen molar-refractivity contribution in [1.29, 1.82) is 0 Å². The number of aromatic nitrogens is 2. The fraction of sp³-hybridized carbons (Fsp3) is 0.0870. The van der Waals surface area contributed by atoms with Crippen LogP contribution in [0.5, 0.6) is 0 Å². The van der Waals surface area contributed by atoms with E-state index >= 15 is 0 Å². The van der Waals surface area contributed by atoms with Crippen LogP contribution in [0.1, 0.15) is 70.5 Å². The van der Waals surface area contributed by atoms with Crippen LogP contribution in [0.2, 0.25) is 0 Å². The van der Waals surface area contributed by atoms with Crippen molar-refractivity contribution in [2.75, 3.05) is 9.80 Å². The predicted molar refractivity (Wildman–Crippen MR) is 416 cm³/mol. The van der Waals surface area contributed by atoms with E-state index in [4.69, 9.17) is 8.53 Å². The Morgan fingerprint density at radius 3 is 1.61 bits per heavy atom. The molecule has 0 aliphatic carbocycles. The number of para-hydroxylation sites is 4. The third kappa shape index (κ3) is 8.94. The van der Waals surface area contributed by atoms with Crippen LogP contribution in [0.3, 0.4) is 0 Å². The van der Waals surface area contributed by atoms with E-state index in [1.54, 1.807) is 4.57 Å². The minimum Gasteiger partial charge on any atom is -0.456 e. The van der Waals surface area contributed by atoms with Crippen molar-refractivity contribution in [1.82, 2.24) is 9.13 Å². The second-order valence-corrected chi connectivity index (χ2v) is 27.9. The van der Waals surface area contributed by atoms with Gasteiger partial charge in [-0.05, 0) is 162 Å². The summed E-state index contributed by atoms with van der Waals surface area (Å²) in [4.78, 5) is 4.66. The first-order chi connectivity index (χ1) is 53.3. The number of anilines is 6. The smallest absolute Gasteiger partial charge is 0.252 e. The van der Waals surface area contributed by atoms with Crippen molar-refractivity contribution in [2.45, 2.75) is 52.4 Å². The van der Waals surface area contributed by atoms with Crippen molar-refractivity contribution in [3.8, 4) is 55.9 Å². The summed E-state index contributed by atoms with van der Waals surface area (Å²) in [5, 5.41) is 3.38. The molecule has 17 aromatic rings. The van der Waals surface area contributed by atoms with Gasteiger partial charge in [0.1, 0.15) is 11.2 Å². The maximum Gasteiger partial charge on any atom is 0.252 e. The summed E-state index contributed by atoms with van der Waals surface area (Å²) in [5.41, 5.74) is 18.5. The van der Waals surface area contributed by atoms with Gasteiger partial charge in [0, 0.05) is 66.6 Å². The third-order valence-corrected chi connectivity index (χ3v) is 20.1. The standard InChI is InChI=1S/C92H69BN4O/c1-91(2,3)65-33-24-32-61(50-65)63-53-83-89-84(54-63)97(90-69(60-30-14-9-15-31-60)46-49-79-88(90)72-38-18-22-42-78(72)95(79)67-35-25-34-66(56-67)92(4,5)6)80-51-62(58-26-10-7-11-27-58)44-47-74(80)93(89)75-48-45-68(94-76-40-20-16-36-70(76)71-37-17-21-41-77(71)94)57-81(75)96(83)82-52-64(59-28-12-8-13-29-59)55-86-87(82)73-39-19-23-43-85(73)98-86/h7-57H,1-6H3/i7D,10D,11D,16D,17D,20D,21D,26D,27D,36D,37D,40D,41D. The van der Waals surface area contributed by atoms with Crippen LogP contribution in [-0.2, 0) is 10.8 Å². The molecule has 2 aliphatic heterocycles. The Balaban J connectivity index is 1.03. The third-order valence-electron chi connectivity index (χ3n) is 20.1. The number of furan rings is 1. The lowest BCUT2D eigenvalue weighted by molar-refractivity contribution is 0.590. The highest BCUT2D eigenvalue weighted by atomic mass is 16.3. The molecule has 466 valence electrons. The van der Waals surface area contributed by atoms with Crippen LogP contribution in [0.4, 0.5) is 34.1 Å². The second kappa shape index (κ2) is 21.8. The summed E-state index contributed by atoms with van der Waals surface area (Å²) in [6.45, 7) is 12.5. The number of benzene rings is 14. The van der Waals surface area contributed by atoms with E-state index in [0.29, 0.717) is 39.5 Å². The maximum atomic E-state index is 9.81. The number of hydrogen-bond acceptors (Lipinski definition) is 3. The lowest BCUT2D eigenvalue weighted by atomic mass is 9.33. The molecule has 5 heterocycles. The molecule has 0 unspecified atom stereocenters. The van der Waals surface area contributed by atoms with Crippen LogP contribution in [0, 0.1) is 0 Å². The molecule has 0 atom stereocenters. The van der Waals surface area contributed by atoms with E-state index in [-0.39, 0.29) is 50.3 Å². The first-order valence-corrected chi connectivity index (χ1v) is 33.3. The molecule has 0 amide bonds. The minimum atomic E-state index is -0.715. The molecule has 0 fully saturated rings. The highest BCUT2D eigenvalue weighted by Gasteiger charge is 2.46. The van der Waals surface area contributed by atoms with E-state index in [0.717, 1.165) is 116 Å². The summed E-state index contributed by atoms with van der Waals surface area (Å²) >= 11 is 0. The summed E-state index contributed by atoms with van der Waals surface area (Å²) < 4.78 is 133. The Bertz CT molecular complexity index is 6830. The van der Waals surface area contributed by atoms with Crippen LogP contribution in [0.25, 0.3) is 121 Å². The molecule has 3 aromatic heterocycles. The molecular weight excluding hydrogens is 1190 g/mol. The molecule has 5 nitrogen and oxygen atoms in total. The van der Waals surface area contributed by atoms with E-state index < -0.39 is 73.2 Å². The molecule has 0 saturated carbocycles. The number of fused-ring (bicyclic) bond motifs is 13. The molecule has 2 aliphatic rings. The zero-order valence-electron chi connectivity index (χ0n) is 67.7. The Hall–Kier alpha value is -11.9. The Labute approximate surface area is 589 Å². The van der Waals surface area contributed by atoms with Gasteiger partial charge in [0.15, 0.2) is 0 Å². The van der Waals surface area contributed by atoms with E-state index in [1.165, 1.54) is 0 Å². The largest absolute Gasteiger partial charge is 0.456 e. The molecule has 19 rings (SSSR count). The molecule has 0 saturated heterocycles. The van der Waals surface area contributed by atoms with Gasteiger partial charge in [-0.15, -0.1) is 0 Å². The van der Waals surface area contributed by atoms with Crippen LogP contribution < -0.4 is 26.2 Å². The predicted octanol–water partition coefficient (Wildman–Crippen LogP) is 23.1. The summed E-state index contributed by atoms with van der Waals surface area (Å²) in [6.07, 6.45) is 0. The molecule has 98 heavy (non-hydrogen) atoms. The van der Waals surface area contributed by atoms with Gasteiger partial charge in [0.2, 0.25) is 0 Å². The average Bonchev–Trinajstić information content (AvgIpc) is 1.60. The first-order valence-electron chi connectivity index (χ1n) is 39.8. The Morgan fingerprint density at radius 1 is 0.327 bits per heavy atom. The molecule has 0 N–H and O–H groups in total. The van der Waals surface area contributed by atoms with Gasteiger partial charge in [-0.1, -0.05) is 266 Å². The van der Waals surface area contributed by atoms with Crippen LogP contribution in [0.15, 0.2) is 313 Å². The zero-order valence-corrected chi connectivity index (χ0v) is 54.7. The molecule has 0 spiro atoms. The molecule has 0 radical (unpaired) electrons. The van der Waals surface area contributed by atoms with Crippen molar-refractivity contribution in [3.05, 3.63) is 320 Å². The maximum absolute atomic E-state index is 9.81. The fourth-order valence-corrected chi connectivity index (χ4v) is 15.5. The van der Waals surface area contributed by atoms with E-state index in [1.807, 2.05) is 91.0 Å². The highest BCUT2D eigenvalue weighted by molar-refractivity contribution is 7.00. The van der Waals surface area contributed by atoms with Crippen LogP contribution in [-0.4, -0.2) is 15.8 Å². The zero-order chi connectivity index (χ0) is 77.0. The quantitative estimate of drug-likeness (QED) is 0.142. The van der Waals surface area contributed by atoms with Gasteiger partial charge >= 0.3 is 0 Å². The second-order valence-electron chi connectivity index (χ2n) is 27.9. The number of hydrogen-bond donors (Lipinski definition) is 0. The van der Waals surface area contributed by atoms with Crippen molar-refractivity contribution in [3.63, 3.8) is 0 Å².